The molecule has 3 amide bonds. The number of nitrogens with one attached hydrogen (secondary N) is 2. The van der Waals surface area contributed by atoms with Gasteiger partial charge in [0.05, 0.1) is 47.4 Å². The second-order valence-electron chi connectivity index (χ2n) is 9.23. The van der Waals surface area contributed by atoms with E-state index in [4.69, 9.17) is 10.5 Å². The summed E-state index contributed by atoms with van der Waals surface area (Å²) in [6.07, 6.45) is 0. The molecule has 0 fully saturated rings. The first-order valence-corrected chi connectivity index (χ1v) is 12.1. The van der Waals surface area contributed by atoms with Crippen molar-refractivity contribution in [3.63, 3.8) is 0 Å². The molecule has 4 rings (SSSR count). The molecule has 10 heteroatoms. The van der Waals surface area contributed by atoms with Gasteiger partial charge in [0.2, 0.25) is 5.91 Å². The molecule has 0 aliphatic carbocycles. The lowest BCUT2D eigenvalue weighted by molar-refractivity contribution is -0.119. The van der Waals surface area contributed by atoms with Gasteiger partial charge in [-0.15, -0.1) is 0 Å². The summed E-state index contributed by atoms with van der Waals surface area (Å²) in [6, 6.07) is 19.0. The van der Waals surface area contributed by atoms with E-state index in [0.29, 0.717) is 39.5 Å². The average molecular weight is 528 g/mol. The highest BCUT2D eigenvalue weighted by Gasteiger charge is 2.29. The molecule has 0 bridgehead atoms. The number of primary amides is 1. The van der Waals surface area contributed by atoms with E-state index in [9.17, 15) is 19.2 Å². The molecule has 1 aliphatic heterocycles. The zero-order valence-corrected chi connectivity index (χ0v) is 22.1. The molecule has 0 atom stereocenters. The second kappa shape index (κ2) is 11.2. The Balaban J connectivity index is 1.81. The van der Waals surface area contributed by atoms with Crippen LogP contribution >= 0.6 is 0 Å². The topological polar surface area (TPSA) is 134 Å². The van der Waals surface area contributed by atoms with Gasteiger partial charge in [0, 0.05) is 18.3 Å². The highest BCUT2D eigenvalue weighted by atomic mass is 16.5. The Morgan fingerprint density at radius 1 is 0.949 bits per heavy atom. The van der Waals surface area contributed by atoms with E-state index in [2.05, 4.69) is 10.6 Å². The van der Waals surface area contributed by atoms with Crippen molar-refractivity contribution in [2.24, 2.45) is 5.73 Å². The van der Waals surface area contributed by atoms with Crippen LogP contribution in [0.4, 0.5) is 17.1 Å². The van der Waals surface area contributed by atoms with Gasteiger partial charge in [0.15, 0.2) is 0 Å². The van der Waals surface area contributed by atoms with Crippen molar-refractivity contribution in [2.75, 3.05) is 50.3 Å². The van der Waals surface area contributed by atoms with E-state index >= 15 is 0 Å². The van der Waals surface area contributed by atoms with Crippen LogP contribution in [0.1, 0.15) is 31.8 Å². The van der Waals surface area contributed by atoms with Crippen LogP contribution in [0.3, 0.4) is 0 Å². The minimum atomic E-state index is -0.702. The molecule has 10 nitrogen and oxygen atoms in total. The number of methoxy groups -OCH3 is 1. The van der Waals surface area contributed by atoms with Gasteiger partial charge >= 0.3 is 5.97 Å². The van der Waals surface area contributed by atoms with Crippen molar-refractivity contribution in [3.8, 4) is 0 Å². The Kier molecular flexibility index (Phi) is 7.78. The van der Waals surface area contributed by atoms with Gasteiger partial charge in [-0.05, 0) is 50.0 Å². The standard InChI is InChI=1S/C29H29N5O5/c1-33(2)16-24(35)34(3)23-13-11-19(15-21(23)27(30)36)31-26(17-8-6-5-7-9-17)25-20-12-10-18(29(38)39-4)14-22(20)32-28(25)37/h5-15,31H,16H2,1-4H3,(H2,30,36)(H,32,37)/b26-25-. The number of likely N-dealkylation sites (N-methyl/N-ethyl adjacent to an activating group) is 2. The van der Waals surface area contributed by atoms with Crippen LogP contribution in [0.2, 0.25) is 0 Å². The Morgan fingerprint density at radius 2 is 1.67 bits per heavy atom. The summed E-state index contributed by atoms with van der Waals surface area (Å²) in [5.41, 5.74) is 9.63. The number of hydrogen-bond donors (Lipinski definition) is 3. The van der Waals surface area contributed by atoms with Gasteiger partial charge in [0.25, 0.3) is 11.8 Å². The maximum atomic E-state index is 13.2. The van der Waals surface area contributed by atoms with E-state index in [1.54, 1.807) is 62.4 Å². The predicted octanol–water partition coefficient (Wildman–Crippen LogP) is 3.03. The molecular weight excluding hydrogens is 498 g/mol. The van der Waals surface area contributed by atoms with Crippen LogP contribution in [-0.4, -0.2) is 63.4 Å². The number of ether oxygens (including phenoxy) is 1. The number of benzene rings is 3. The van der Waals surface area contributed by atoms with Crippen LogP contribution in [0.25, 0.3) is 11.3 Å². The van der Waals surface area contributed by atoms with Gasteiger partial charge in [-0.2, -0.15) is 0 Å². The molecule has 0 radical (unpaired) electrons. The van der Waals surface area contributed by atoms with Crippen LogP contribution in [0, 0.1) is 0 Å². The zero-order valence-electron chi connectivity index (χ0n) is 22.1. The minimum absolute atomic E-state index is 0.144. The van der Waals surface area contributed by atoms with Gasteiger partial charge < -0.3 is 30.9 Å². The lowest BCUT2D eigenvalue weighted by atomic mass is 9.98. The molecule has 0 aromatic heterocycles. The first kappa shape index (κ1) is 27.1. The van der Waals surface area contributed by atoms with Crippen LogP contribution in [-0.2, 0) is 14.3 Å². The maximum absolute atomic E-state index is 13.2. The summed E-state index contributed by atoms with van der Waals surface area (Å²) in [7, 11) is 6.43. The number of esters is 1. The molecule has 0 unspecified atom stereocenters. The molecule has 1 heterocycles. The van der Waals surface area contributed by atoms with Crippen molar-refractivity contribution >= 4 is 52.0 Å². The van der Waals surface area contributed by atoms with Gasteiger partial charge in [0.1, 0.15) is 0 Å². The van der Waals surface area contributed by atoms with E-state index in [0.717, 1.165) is 5.56 Å². The van der Waals surface area contributed by atoms with Gasteiger partial charge in [-0.1, -0.05) is 36.4 Å². The fraction of sp³-hybridized carbons (Fsp3) is 0.172. The number of amides is 3. The molecule has 0 saturated carbocycles. The molecule has 1 aliphatic rings. The third-order valence-electron chi connectivity index (χ3n) is 6.22. The van der Waals surface area contributed by atoms with Crippen LogP contribution in [0.15, 0.2) is 66.7 Å². The summed E-state index contributed by atoms with van der Waals surface area (Å²) < 4.78 is 4.80. The Morgan fingerprint density at radius 3 is 2.31 bits per heavy atom. The molecule has 0 spiro atoms. The Bertz CT molecular complexity index is 1500. The summed E-state index contributed by atoms with van der Waals surface area (Å²) in [5.74, 6) is -1.79. The number of carbonyl (C=O) groups excluding carboxylic acids is 4. The van der Waals surface area contributed by atoms with E-state index in [-0.39, 0.29) is 23.9 Å². The first-order valence-electron chi connectivity index (χ1n) is 12.1. The average Bonchev–Trinajstić information content (AvgIpc) is 3.25. The van der Waals surface area contributed by atoms with Crippen molar-refractivity contribution in [1.29, 1.82) is 0 Å². The van der Waals surface area contributed by atoms with Gasteiger partial charge in [-0.3, -0.25) is 14.4 Å². The summed E-state index contributed by atoms with van der Waals surface area (Å²) in [6.45, 7) is 0.158. The lowest BCUT2D eigenvalue weighted by Gasteiger charge is -2.23. The zero-order chi connectivity index (χ0) is 28.3. The quantitative estimate of drug-likeness (QED) is 0.303. The van der Waals surface area contributed by atoms with Crippen molar-refractivity contribution in [2.45, 2.75) is 0 Å². The first-order chi connectivity index (χ1) is 18.6. The molecule has 4 N–H and O–H groups in total. The fourth-order valence-electron chi connectivity index (χ4n) is 4.31. The van der Waals surface area contributed by atoms with E-state index in [1.165, 1.54) is 12.0 Å². The number of nitrogens with two attached hydrogens (primary N) is 1. The molecule has 0 saturated heterocycles. The normalized spacial score (nSPS) is 13.4. The predicted molar refractivity (Wildman–Crippen MR) is 150 cm³/mol. The van der Waals surface area contributed by atoms with Crippen molar-refractivity contribution < 1.29 is 23.9 Å². The largest absolute Gasteiger partial charge is 0.465 e. The lowest BCUT2D eigenvalue weighted by Crippen LogP contribution is -2.36. The van der Waals surface area contributed by atoms with Crippen LogP contribution in [0.5, 0.6) is 0 Å². The highest BCUT2D eigenvalue weighted by Crippen LogP contribution is 2.38. The monoisotopic (exact) mass is 527 g/mol. The summed E-state index contributed by atoms with van der Waals surface area (Å²) in [4.78, 5) is 53.4. The molecular formula is C29H29N5O5. The van der Waals surface area contributed by atoms with Crippen molar-refractivity contribution in [3.05, 3.63) is 89.0 Å². The number of anilines is 3. The van der Waals surface area contributed by atoms with E-state index in [1.807, 2.05) is 30.3 Å². The smallest absolute Gasteiger partial charge is 0.337 e. The SMILES string of the molecule is COC(=O)c1ccc2c(c1)NC(=O)/C2=C(\Nc1ccc(N(C)C(=O)CN(C)C)c(C(N)=O)c1)c1ccccc1. The maximum Gasteiger partial charge on any atom is 0.337 e. The third-order valence-corrected chi connectivity index (χ3v) is 6.22. The molecule has 39 heavy (non-hydrogen) atoms. The van der Waals surface area contributed by atoms with Crippen LogP contribution < -0.4 is 21.3 Å². The Labute approximate surface area is 226 Å². The number of hydrogen-bond acceptors (Lipinski definition) is 7. The van der Waals surface area contributed by atoms with E-state index < -0.39 is 11.9 Å². The molecule has 200 valence electrons. The summed E-state index contributed by atoms with van der Waals surface area (Å²) >= 11 is 0. The molecule has 3 aromatic carbocycles. The number of fused-ring (bicyclic) bond motifs is 1. The third kappa shape index (κ3) is 5.65. The number of carbonyl (C=O) groups is 4. The summed E-state index contributed by atoms with van der Waals surface area (Å²) in [5, 5.41) is 6.11. The highest BCUT2D eigenvalue weighted by molar-refractivity contribution is 6.37. The second-order valence-corrected chi connectivity index (χ2v) is 9.23. The number of nitrogens with zero attached hydrogens (tertiary/aromatic N) is 2. The fourth-order valence-corrected chi connectivity index (χ4v) is 4.31. The Hall–Kier alpha value is -4.96. The molecule has 3 aromatic rings. The number of rotatable bonds is 8. The minimum Gasteiger partial charge on any atom is -0.465 e. The van der Waals surface area contributed by atoms with Gasteiger partial charge in [-0.25, -0.2) is 4.79 Å². The van der Waals surface area contributed by atoms with Crippen molar-refractivity contribution in [1.82, 2.24) is 4.90 Å².